The van der Waals surface area contributed by atoms with Gasteiger partial charge in [0.15, 0.2) is 0 Å². The summed E-state index contributed by atoms with van der Waals surface area (Å²) >= 11 is 0. The van der Waals surface area contributed by atoms with Gasteiger partial charge in [-0.3, -0.25) is 9.59 Å². The fourth-order valence-electron chi connectivity index (χ4n) is 3.85. The molecule has 2 aromatic carbocycles. The number of amides is 1. The summed E-state index contributed by atoms with van der Waals surface area (Å²) in [6, 6.07) is 13.6. The van der Waals surface area contributed by atoms with Crippen molar-refractivity contribution in [2.45, 2.75) is 6.04 Å². The van der Waals surface area contributed by atoms with Crippen LogP contribution in [0, 0.1) is 0 Å². The number of methoxy groups -OCH3 is 2. The molecule has 1 amide bonds. The molecule has 1 unspecified atom stereocenters. The van der Waals surface area contributed by atoms with Crippen LogP contribution in [0.2, 0.25) is 0 Å². The minimum atomic E-state index is -0.724. The van der Waals surface area contributed by atoms with Gasteiger partial charge in [-0.25, -0.2) is 0 Å². The fourth-order valence-corrected chi connectivity index (χ4v) is 3.85. The number of Topliss-reactive ketones (excluding diaryl/α,β-unsaturated/α-hetero) is 1. The number of hydrogen-bond acceptors (Lipinski definition) is 5. The summed E-state index contributed by atoms with van der Waals surface area (Å²) in [6.45, 7) is 0.499. The number of aliphatic hydroxyl groups is 1. The molecule has 7 heteroatoms. The Kier molecular flexibility index (Phi) is 5.29. The number of likely N-dealkylation sites (tertiary alicyclic amines) is 1. The summed E-state index contributed by atoms with van der Waals surface area (Å²) in [7, 11) is 3.09. The molecule has 0 saturated carbocycles. The lowest BCUT2D eigenvalue weighted by atomic mass is 9.95. The van der Waals surface area contributed by atoms with Crippen molar-refractivity contribution in [3.05, 3.63) is 71.4 Å². The van der Waals surface area contributed by atoms with Crippen molar-refractivity contribution >= 4 is 28.4 Å². The smallest absolute Gasteiger partial charge is 0.295 e. The average molecular weight is 406 g/mol. The molecule has 0 bridgehead atoms. The van der Waals surface area contributed by atoms with Crippen LogP contribution in [0.15, 0.2) is 60.3 Å². The molecular formula is C23H22N2O5. The SMILES string of the molecule is COCCN1C(=O)C(=O)/C(=C(/O)c2ccc(OC)cc2)C1c1c[nH]c2ccccc12. The van der Waals surface area contributed by atoms with E-state index in [1.807, 2.05) is 24.3 Å². The van der Waals surface area contributed by atoms with E-state index in [1.165, 1.54) is 12.0 Å². The number of aromatic nitrogens is 1. The van der Waals surface area contributed by atoms with Gasteiger partial charge in [-0.1, -0.05) is 18.2 Å². The number of ether oxygens (including phenoxy) is 2. The maximum absolute atomic E-state index is 13.0. The van der Waals surface area contributed by atoms with Crippen LogP contribution >= 0.6 is 0 Å². The van der Waals surface area contributed by atoms with Crippen LogP contribution < -0.4 is 4.74 Å². The molecule has 3 aromatic rings. The molecule has 1 fully saturated rings. The molecule has 0 spiro atoms. The van der Waals surface area contributed by atoms with E-state index in [9.17, 15) is 14.7 Å². The van der Waals surface area contributed by atoms with Gasteiger partial charge in [0.1, 0.15) is 11.5 Å². The largest absolute Gasteiger partial charge is 0.507 e. The number of ketones is 1. The van der Waals surface area contributed by atoms with Gasteiger partial charge in [0.2, 0.25) is 0 Å². The number of carbonyl (C=O) groups excluding carboxylic acids is 2. The van der Waals surface area contributed by atoms with Gasteiger partial charge < -0.3 is 24.5 Å². The number of aromatic amines is 1. The van der Waals surface area contributed by atoms with E-state index in [0.717, 1.165) is 16.5 Å². The Morgan fingerprint density at radius 2 is 1.83 bits per heavy atom. The molecular weight excluding hydrogens is 384 g/mol. The van der Waals surface area contributed by atoms with Crippen molar-refractivity contribution in [1.29, 1.82) is 0 Å². The summed E-state index contributed by atoms with van der Waals surface area (Å²) in [4.78, 5) is 30.5. The average Bonchev–Trinajstić information content (AvgIpc) is 3.31. The molecule has 1 aliphatic rings. The van der Waals surface area contributed by atoms with Crippen LogP contribution in [0.3, 0.4) is 0 Å². The molecule has 0 radical (unpaired) electrons. The highest BCUT2D eigenvalue weighted by Gasteiger charge is 2.46. The van der Waals surface area contributed by atoms with Crippen LogP contribution in [0.25, 0.3) is 16.7 Å². The zero-order valence-electron chi connectivity index (χ0n) is 16.7. The second kappa shape index (κ2) is 8.04. The van der Waals surface area contributed by atoms with Crippen LogP contribution in [0.5, 0.6) is 5.75 Å². The van der Waals surface area contributed by atoms with E-state index >= 15 is 0 Å². The summed E-state index contributed by atoms with van der Waals surface area (Å²) in [5.74, 6) is -0.960. The van der Waals surface area contributed by atoms with E-state index in [0.29, 0.717) is 11.3 Å². The molecule has 2 N–H and O–H groups in total. The molecule has 154 valence electrons. The van der Waals surface area contributed by atoms with Crippen molar-refractivity contribution in [3.63, 3.8) is 0 Å². The number of hydrogen-bond donors (Lipinski definition) is 2. The van der Waals surface area contributed by atoms with Crippen molar-refractivity contribution in [2.75, 3.05) is 27.4 Å². The number of aliphatic hydroxyl groups excluding tert-OH is 1. The van der Waals surface area contributed by atoms with E-state index in [-0.39, 0.29) is 24.5 Å². The van der Waals surface area contributed by atoms with Gasteiger partial charge in [0, 0.05) is 41.9 Å². The highest BCUT2D eigenvalue weighted by Crippen LogP contribution is 2.41. The van der Waals surface area contributed by atoms with E-state index < -0.39 is 17.7 Å². The van der Waals surface area contributed by atoms with E-state index in [1.54, 1.807) is 37.6 Å². The number of benzene rings is 2. The van der Waals surface area contributed by atoms with E-state index in [2.05, 4.69) is 4.98 Å². The van der Waals surface area contributed by atoms with Crippen molar-refractivity contribution in [1.82, 2.24) is 9.88 Å². The van der Waals surface area contributed by atoms with Gasteiger partial charge >= 0.3 is 0 Å². The first-order chi connectivity index (χ1) is 14.6. The number of nitrogens with one attached hydrogen (secondary N) is 1. The number of fused-ring (bicyclic) bond motifs is 1. The molecule has 4 rings (SSSR count). The van der Waals surface area contributed by atoms with Gasteiger partial charge in [0.05, 0.1) is 25.3 Å². The normalized spacial score (nSPS) is 18.3. The summed E-state index contributed by atoms with van der Waals surface area (Å²) in [6.07, 6.45) is 1.78. The van der Waals surface area contributed by atoms with Crippen LogP contribution in [-0.4, -0.2) is 54.1 Å². The topological polar surface area (TPSA) is 91.9 Å². The Labute approximate surface area is 173 Å². The Morgan fingerprint density at radius 3 is 2.53 bits per heavy atom. The second-order valence-corrected chi connectivity index (χ2v) is 7.00. The predicted molar refractivity (Wildman–Crippen MR) is 112 cm³/mol. The maximum atomic E-state index is 13.0. The van der Waals surface area contributed by atoms with Gasteiger partial charge in [0.25, 0.3) is 11.7 Å². The number of carbonyl (C=O) groups is 2. The lowest BCUT2D eigenvalue weighted by Crippen LogP contribution is -2.32. The standard InChI is InChI=1S/C23H22N2O5/c1-29-12-11-25-20(17-13-24-18-6-4-3-5-16(17)18)19(22(27)23(25)28)21(26)14-7-9-15(30-2)10-8-14/h3-10,13,20,24,26H,11-12H2,1-2H3/b21-19+. The van der Waals surface area contributed by atoms with Crippen LogP contribution in [0.1, 0.15) is 17.2 Å². The Balaban J connectivity index is 1.89. The highest BCUT2D eigenvalue weighted by atomic mass is 16.5. The number of nitrogens with zero attached hydrogens (tertiary/aromatic N) is 1. The first kappa shape index (κ1) is 19.7. The number of para-hydroxylation sites is 1. The Morgan fingerprint density at radius 1 is 1.10 bits per heavy atom. The van der Waals surface area contributed by atoms with Crippen LogP contribution in [-0.2, 0) is 14.3 Å². The third kappa shape index (κ3) is 3.23. The molecule has 30 heavy (non-hydrogen) atoms. The molecule has 1 aromatic heterocycles. The first-order valence-corrected chi connectivity index (χ1v) is 9.54. The minimum absolute atomic E-state index is 0.0611. The third-order valence-corrected chi connectivity index (χ3v) is 5.36. The zero-order chi connectivity index (χ0) is 21.3. The Hall–Kier alpha value is -3.58. The van der Waals surface area contributed by atoms with Gasteiger partial charge in [-0.15, -0.1) is 0 Å². The molecule has 7 nitrogen and oxygen atoms in total. The van der Waals surface area contributed by atoms with Crippen molar-refractivity contribution < 1.29 is 24.2 Å². The second-order valence-electron chi connectivity index (χ2n) is 7.00. The summed E-state index contributed by atoms with van der Waals surface area (Å²) in [5, 5.41) is 11.9. The molecule has 0 aliphatic carbocycles. The maximum Gasteiger partial charge on any atom is 0.295 e. The number of rotatable bonds is 6. The highest BCUT2D eigenvalue weighted by molar-refractivity contribution is 6.46. The van der Waals surface area contributed by atoms with E-state index in [4.69, 9.17) is 9.47 Å². The monoisotopic (exact) mass is 406 g/mol. The third-order valence-electron chi connectivity index (χ3n) is 5.36. The lowest BCUT2D eigenvalue weighted by molar-refractivity contribution is -0.140. The van der Waals surface area contributed by atoms with Gasteiger partial charge in [-0.2, -0.15) is 0 Å². The molecule has 1 saturated heterocycles. The zero-order valence-corrected chi connectivity index (χ0v) is 16.7. The molecule has 1 atom stereocenters. The number of H-pyrrole nitrogens is 1. The van der Waals surface area contributed by atoms with Gasteiger partial charge in [-0.05, 0) is 30.3 Å². The lowest BCUT2D eigenvalue weighted by Gasteiger charge is -2.24. The summed E-state index contributed by atoms with van der Waals surface area (Å²) < 4.78 is 10.3. The fraction of sp³-hybridized carbons (Fsp3) is 0.217. The van der Waals surface area contributed by atoms with Crippen molar-refractivity contribution in [3.8, 4) is 5.75 Å². The summed E-state index contributed by atoms with van der Waals surface area (Å²) in [5.41, 5.74) is 2.13. The first-order valence-electron chi connectivity index (χ1n) is 9.54. The minimum Gasteiger partial charge on any atom is -0.507 e. The molecule has 1 aliphatic heterocycles. The van der Waals surface area contributed by atoms with Crippen molar-refractivity contribution in [2.24, 2.45) is 0 Å². The molecule has 2 heterocycles. The Bertz CT molecular complexity index is 1130. The van der Waals surface area contributed by atoms with Crippen LogP contribution in [0.4, 0.5) is 0 Å². The quantitative estimate of drug-likeness (QED) is 0.373. The predicted octanol–water partition coefficient (Wildman–Crippen LogP) is 3.24.